The lowest BCUT2D eigenvalue weighted by molar-refractivity contribution is 0.394. The number of nitrogens with one attached hydrogen (secondary N) is 2. The van der Waals surface area contributed by atoms with Crippen molar-refractivity contribution in [2.75, 3.05) is 11.4 Å². The van der Waals surface area contributed by atoms with Crippen LogP contribution in [0.4, 0.5) is 18.9 Å². The Morgan fingerprint density at radius 2 is 1.62 bits per heavy atom. The van der Waals surface area contributed by atoms with Crippen LogP contribution in [-0.2, 0) is 6.54 Å². The fourth-order valence-corrected chi connectivity index (χ4v) is 4.60. The van der Waals surface area contributed by atoms with Gasteiger partial charge in [0.1, 0.15) is 17.5 Å². The molecule has 0 saturated carbocycles. The van der Waals surface area contributed by atoms with Crippen LogP contribution in [0.3, 0.4) is 0 Å². The van der Waals surface area contributed by atoms with E-state index in [2.05, 4.69) is 10.9 Å². The molecule has 0 bridgehead atoms. The highest BCUT2D eigenvalue weighted by Crippen LogP contribution is 2.46. The van der Waals surface area contributed by atoms with Crippen LogP contribution in [0.25, 0.3) is 0 Å². The van der Waals surface area contributed by atoms with Gasteiger partial charge in [-0.3, -0.25) is 0 Å². The van der Waals surface area contributed by atoms with Gasteiger partial charge in [-0.05, 0) is 29.3 Å². The topological polar surface area (TPSA) is 27.3 Å². The maximum absolute atomic E-state index is 14.8. The fraction of sp³-hybridized carbons (Fsp3) is 0.217. The van der Waals surface area contributed by atoms with Crippen molar-refractivity contribution in [3.63, 3.8) is 0 Å². The van der Waals surface area contributed by atoms with Crippen molar-refractivity contribution >= 4 is 5.69 Å². The largest absolute Gasteiger partial charge is 0.364 e. The lowest BCUT2D eigenvalue weighted by Gasteiger charge is -2.39. The molecule has 3 aromatic carbocycles. The molecule has 5 rings (SSSR count). The van der Waals surface area contributed by atoms with Crippen LogP contribution >= 0.6 is 0 Å². The minimum Gasteiger partial charge on any atom is -0.364 e. The second-order valence-electron chi connectivity index (χ2n) is 7.65. The standard InChI is InChI=1S/C23H20F3N3/c24-16-8-4-5-14(9-16)12-29-13-19-21(15-6-2-1-3-7-15)27-28-22(19)18-10-17(25)11-20(26)23(18)29/h1-11,19,21-22,27-28H,12-13H2. The smallest absolute Gasteiger partial charge is 0.149 e. The third kappa shape index (κ3) is 3.28. The van der Waals surface area contributed by atoms with Gasteiger partial charge in [0.15, 0.2) is 0 Å². The first-order valence-electron chi connectivity index (χ1n) is 9.64. The molecule has 2 heterocycles. The van der Waals surface area contributed by atoms with E-state index in [-0.39, 0.29) is 23.8 Å². The molecule has 1 fully saturated rings. The first-order valence-corrected chi connectivity index (χ1v) is 9.64. The average molecular weight is 395 g/mol. The van der Waals surface area contributed by atoms with Gasteiger partial charge in [0.05, 0.1) is 17.8 Å². The molecule has 6 heteroatoms. The molecule has 2 N–H and O–H groups in total. The Morgan fingerprint density at radius 1 is 0.828 bits per heavy atom. The summed E-state index contributed by atoms with van der Waals surface area (Å²) < 4.78 is 42.6. The third-order valence-electron chi connectivity index (χ3n) is 5.81. The van der Waals surface area contributed by atoms with E-state index in [0.29, 0.717) is 24.3 Å². The molecule has 0 radical (unpaired) electrons. The van der Waals surface area contributed by atoms with Gasteiger partial charge in [0.2, 0.25) is 0 Å². The molecule has 2 aliphatic heterocycles. The Bertz CT molecular complexity index is 1040. The molecule has 0 aromatic heterocycles. The van der Waals surface area contributed by atoms with E-state index in [1.807, 2.05) is 41.3 Å². The summed E-state index contributed by atoms with van der Waals surface area (Å²) in [5, 5.41) is 0. The van der Waals surface area contributed by atoms with Gasteiger partial charge in [-0.15, -0.1) is 0 Å². The molecule has 3 atom stereocenters. The summed E-state index contributed by atoms with van der Waals surface area (Å²) in [6, 6.07) is 18.4. The van der Waals surface area contributed by atoms with Gasteiger partial charge in [0, 0.05) is 30.6 Å². The fourth-order valence-electron chi connectivity index (χ4n) is 4.60. The number of benzene rings is 3. The highest BCUT2D eigenvalue weighted by molar-refractivity contribution is 5.60. The Hall–Kier alpha value is -2.83. The lowest BCUT2D eigenvalue weighted by atomic mass is 9.81. The van der Waals surface area contributed by atoms with E-state index < -0.39 is 11.6 Å². The van der Waals surface area contributed by atoms with Gasteiger partial charge < -0.3 is 4.90 Å². The summed E-state index contributed by atoms with van der Waals surface area (Å²) in [6.07, 6.45) is 0. The molecular weight excluding hydrogens is 375 g/mol. The second kappa shape index (κ2) is 7.21. The second-order valence-corrected chi connectivity index (χ2v) is 7.65. The van der Waals surface area contributed by atoms with E-state index in [4.69, 9.17) is 0 Å². The lowest BCUT2D eigenvalue weighted by Crippen LogP contribution is -2.39. The van der Waals surface area contributed by atoms with E-state index in [1.165, 1.54) is 18.2 Å². The predicted octanol–water partition coefficient (Wildman–Crippen LogP) is 4.63. The number of rotatable bonds is 3. The number of fused-ring (bicyclic) bond motifs is 3. The molecule has 0 aliphatic carbocycles. The zero-order valence-corrected chi connectivity index (χ0v) is 15.6. The van der Waals surface area contributed by atoms with Crippen LogP contribution in [0.5, 0.6) is 0 Å². The van der Waals surface area contributed by atoms with Crippen molar-refractivity contribution in [2.24, 2.45) is 5.92 Å². The molecule has 2 aliphatic rings. The quantitative estimate of drug-likeness (QED) is 0.677. The summed E-state index contributed by atoms with van der Waals surface area (Å²) in [5.41, 5.74) is 9.36. The average Bonchev–Trinajstić information content (AvgIpc) is 3.12. The zero-order valence-electron chi connectivity index (χ0n) is 15.6. The summed E-state index contributed by atoms with van der Waals surface area (Å²) in [7, 11) is 0. The zero-order chi connectivity index (χ0) is 20.0. The van der Waals surface area contributed by atoms with E-state index in [1.54, 1.807) is 6.07 Å². The van der Waals surface area contributed by atoms with Gasteiger partial charge in [-0.1, -0.05) is 42.5 Å². The molecular formula is C23H20F3N3. The number of hydrazine groups is 1. The first kappa shape index (κ1) is 18.2. The van der Waals surface area contributed by atoms with E-state index in [9.17, 15) is 13.2 Å². The SMILES string of the molecule is Fc1cccc(CN2CC3C(c4ccccc4)NNC3c3cc(F)cc(F)c32)c1. The van der Waals surface area contributed by atoms with Crippen molar-refractivity contribution < 1.29 is 13.2 Å². The van der Waals surface area contributed by atoms with E-state index >= 15 is 0 Å². The highest BCUT2D eigenvalue weighted by atomic mass is 19.1. The maximum atomic E-state index is 14.8. The van der Waals surface area contributed by atoms with Crippen molar-refractivity contribution in [3.8, 4) is 0 Å². The summed E-state index contributed by atoms with van der Waals surface area (Å²) in [6.45, 7) is 0.897. The van der Waals surface area contributed by atoms with Crippen LogP contribution < -0.4 is 15.8 Å². The van der Waals surface area contributed by atoms with Gasteiger partial charge in [0.25, 0.3) is 0 Å². The minimum atomic E-state index is -0.599. The molecule has 3 unspecified atom stereocenters. The Labute approximate surface area is 167 Å². The van der Waals surface area contributed by atoms with Crippen LogP contribution in [0, 0.1) is 23.4 Å². The molecule has 29 heavy (non-hydrogen) atoms. The molecule has 0 spiro atoms. The van der Waals surface area contributed by atoms with Crippen molar-refractivity contribution in [2.45, 2.75) is 18.6 Å². The normalized spacial score (nSPS) is 23.0. The van der Waals surface area contributed by atoms with E-state index in [0.717, 1.165) is 17.2 Å². The number of halogens is 3. The van der Waals surface area contributed by atoms with Gasteiger partial charge in [-0.25, -0.2) is 24.0 Å². The Morgan fingerprint density at radius 3 is 2.41 bits per heavy atom. The molecule has 3 aromatic rings. The number of anilines is 1. The molecule has 3 nitrogen and oxygen atoms in total. The number of hydrogen-bond acceptors (Lipinski definition) is 3. The molecule has 148 valence electrons. The summed E-state index contributed by atoms with van der Waals surface area (Å²) in [5.74, 6) is -1.47. The van der Waals surface area contributed by atoms with Crippen LogP contribution in [0.2, 0.25) is 0 Å². The number of nitrogens with zero attached hydrogens (tertiary/aromatic N) is 1. The monoisotopic (exact) mass is 395 g/mol. The van der Waals surface area contributed by atoms with Crippen molar-refractivity contribution in [3.05, 3.63) is 101 Å². The predicted molar refractivity (Wildman–Crippen MR) is 105 cm³/mol. The number of hydrogen-bond donors (Lipinski definition) is 2. The van der Waals surface area contributed by atoms with Gasteiger partial charge >= 0.3 is 0 Å². The minimum absolute atomic E-state index is 0.00399. The first-order chi connectivity index (χ1) is 14.1. The molecule has 1 saturated heterocycles. The van der Waals surface area contributed by atoms with Crippen molar-refractivity contribution in [1.82, 2.24) is 10.9 Å². The maximum Gasteiger partial charge on any atom is 0.149 e. The molecule has 0 amide bonds. The van der Waals surface area contributed by atoms with Crippen LogP contribution in [0.15, 0.2) is 66.7 Å². The summed E-state index contributed by atoms with van der Waals surface area (Å²) >= 11 is 0. The Balaban J connectivity index is 1.56. The highest BCUT2D eigenvalue weighted by Gasteiger charge is 2.44. The Kier molecular flexibility index (Phi) is 4.53. The van der Waals surface area contributed by atoms with Crippen molar-refractivity contribution in [1.29, 1.82) is 0 Å². The third-order valence-corrected chi connectivity index (χ3v) is 5.81. The van der Waals surface area contributed by atoms with Gasteiger partial charge in [-0.2, -0.15) is 0 Å². The van der Waals surface area contributed by atoms with Crippen LogP contribution in [-0.4, -0.2) is 6.54 Å². The summed E-state index contributed by atoms with van der Waals surface area (Å²) in [4.78, 5) is 1.89. The van der Waals surface area contributed by atoms with Crippen LogP contribution in [0.1, 0.15) is 28.8 Å².